The fourth-order valence-electron chi connectivity index (χ4n) is 6.21. The lowest BCUT2D eigenvalue weighted by atomic mass is 10.0. The number of aromatic amines is 2. The predicted octanol–water partition coefficient (Wildman–Crippen LogP) is 4.61. The maximum Gasteiger partial charge on any atom is 0.181 e. The SMILES string of the molecule is Fc1cc(-c2cccc3[nH]c(-c4[nH]nc5ncc(-c6cncc(CN7CCNCC7)c6)cc45)nc23)cc(N2CCOCC2)c1. The fourth-order valence-corrected chi connectivity index (χ4v) is 6.21. The van der Waals surface area contributed by atoms with Gasteiger partial charge < -0.3 is 19.9 Å². The summed E-state index contributed by atoms with van der Waals surface area (Å²) in [5, 5.41) is 11.9. The third-order valence-corrected chi connectivity index (χ3v) is 8.47. The quantitative estimate of drug-likeness (QED) is 0.258. The summed E-state index contributed by atoms with van der Waals surface area (Å²) in [7, 11) is 0. The van der Waals surface area contributed by atoms with Crippen molar-refractivity contribution in [2.75, 3.05) is 57.4 Å². The van der Waals surface area contributed by atoms with Crippen molar-refractivity contribution >= 4 is 27.8 Å². The number of hydrogen-bond donors (Lipinski definition) is 3. The third kappa shape index (κ3) is 5.19. The van der Waals surface area contributed by atoms with Gasteiger partial charge in [0, 0.05) is 86.8 Å². The van der Waals surface area contributed by atoms with Crippen molar-refractivity contribution in [2.24, 2.45) is 0 Å². The molecule has 2 aromatic carbocycles. The fraction of sp³-hybridized carbons (Fsp3) is 0.273. The summed E-state index contributed by atoms with van der Waals surface area (Å²) < 4.78 is 20.4. The molecule has 3 N–H and O–H groups in total. The average molecular weight is 590 g/mol. The van der Waals surface area contributed by atoms with Crippen LogP contribution in [0.2, 0.25) is 0 Å². The smallest absolute Gasteiger partial charge is 0.181 e. The molecule has 0 saturated carbocycles. The second-order valence-corrected chi connectivity index (χ2v) is 11.4. The molecule has 222 valence electrons. The number of fused-ring (bicyclic) bond motifs is 2. The van der Waals surface area contributed by atoms with Gasteiger partial charge in [-0.05, 0) is 47.5 Å². The summed E-state index contributed by atoms with van der Waals surface area (Å²) in [5.74, 6) is 0.366. The lowest BCUT2D eigenvalue weighted by Gasteiger charge is -2.29. The zero-order valence-electron chi connectivity index (χ0n) is 24.2. The molecule has 0 spiro atoms. The van der Waals surface area contributed by atoms with Gasteiger partial charge in [0.05, 0.1) is 29.6 Å². The van der Waals surface area contributed by atoms with E-state index in [1.165, 1.54) is 5.56 Å². The van der Waals surface area contributed by atoms with Gasteiger partial charge in [0.25, 0.3) is 0 Å². The highest BCUT2D eigenvalue weighted by Gasteiger charge is 2.19. The monoisotopic (exact) mass is 589 g/mol. The molecule has 2 aliphatic heterocycles. The first-order chi connectivity index (χ1) is 21.7. The normalized spacial score (nSPS) is 16.2. The molecule has 4 aromatic heterocycles. The summed E-state index contributed by atoms with van der Waals surface area (Å²) in [6, 6.07) is 15.4. The van der Waals surface area contributed by atoms with Gasteiger partial charge in [0.2, 0.25) is 0 Å². The van der Waals surface area contributed by atoms with Gasteiger partial charge in [-0.2, -0.15) is 5.10 Å². The number of rotatable bonds is 6. The maximum absolute atomic E-state index is 14.9. The number of hydrogen-bond acceptors (Lipinski definition) is 8. The number of imidazole rings is 1. The lowest BCUT2D eigenvalue weighted by molar-refractivity contribution is 0.122. The van der Waals surface area contributed by atoms with Crippen molar-refractivity contribution in [1.82, 2.24) is 40.3 Å². The average Bonchev–Trinajstić information content (AvgIpc) is 3.69. The first-order valence-electron chi connectivity index (χ1n) is 15.0. The predicted molar refractivity (Wildman–Crippen MR) is 169 cm³/mol. The van der Waals surface area contributed by atoms with Crippen LogP contribution in [0.15, 0.2) is 67.1 Å². The highest BCUT2D eigenvalue weighted by atomic mass is 19.1. The van der Waals surface area contributed by atoms with Crippen LogP contribution >= 0.6 is 0 Å². The van der Waals surface area contributed by atoms with Crippen LogP contribution < -0.4 is 10.2 Å². The van der Waals surface area contributed by atoms with Gasteiger partial charge in [0.15, 0.2) is 11.5 Å². The van der Waals surface area contributed by atoms with Crippen molar-refractivity contribution in [3.63, 3.8) is 0 Å². The molecule has 11 heteroatoms. The van der Waals surface area contributed by atoms with E-state index >= 15 is 0 Å². The standard InChI is InChI=1S/C33H32FN9O/c34-25-13-22(14-26(16-25)43-8-10-44-11-9-43)27-2-1-3-29-30(27)39-33(38-29)31-28-15-24(19-37-32(28)41-40-31)23-12-21(17-36-18-23)20-42-6-4-35-5-7-42/h1-3,12-19,35H,4-11,20H2,(H,38,39)(H,37,40,41). The number of pyridine rings is 2. The molecule has 2 aliphatic rings. The van der Waals surface area contributed by atoms with Gasteiger partial charge in [-0.25, -0.2) is 14.4 Å². The molecule has 0 radical (unpaired) electrons. The Kier molecular flexibility index (Phi) is 6.98. The van der Waals surface area contributed by atoms with E-state index in [1.54, 1.807) is 12.1 Å². The molecule has 0 bridgehead atoms. The Hall–Kier alpha value is -4.71. The highest BCUT2D eigenvalue weighted by molar-refractivity contribution is 5.97. The number of H-pyrrole nitrogens is 2. The first kappa shape index (κ1) is 26.9. The number of nitrogens with zero attached hydrogens (tertiary/aromatic N) is 6. The van der Waals surface area contributed by atoms with Gasteiger partial charge in [-0.15, -0.1) is 0 Å². The molecule has 0 aliphatic carbocycles. The number of nitrogens with one attached hydrogen (secondary N) is 3. The van der Waals surface area contributed by atoms with Crippen LogP contribution in [-0.4, -0.2) is 87.5 Å². The summed E-state index contributed by atoms with van der Waals surface area (Å²) in [6.07, 6.45) is 5.65. The molecule has 0 atom stereocenters. The number of benzene rings is 2. The lowest BCUT2D eigenvalue weighted by Crippen LogP contribution is -2.42. The largest absolute Gasteiger partial charge is 0.378 e. The molecule has 10 nitrogen and oxygen atoms in total. The van der Waals surface area contributed by atoms with E-state index in [2.05, 4.69) is 52.4 Å². The van der Waals surface area contributed by atoms with Crippen molar-refractivity contribution in [3.8, 4) is 33.8 Å². The molecule has 8 rings (SSSR count). The molecule has 6 aromatic rings. The van der Waals surface area contributed by atoms with E-state index in [0.717, 1.165) is 95.9 Å². The molecular weight excluding hydrogens is 557 g/mol. The number of halogens is 1. The maximum atomic E-state index is 14.9. The minimum atomic E-state index is -0.276. The Morgan fingerprint density at radius 2 is 1.75 bits per heavy atom. The van der Waals surface area contributed by atoms with Crippen LogP contribution in [0, 0.1) is 5.82 Å². The van der Waals surface area contributed by atoms with Crippen LogP contribution in [0.1, 0.15) is 5.56 Å². The van der Waals surface area contributed by atoms with Gasteiger partial charge in [0.1, 0.15) is 11.5 Å². The van der Waals surface area contributed by atoms with E-state index in [0.29, 0.717) is 24.7 Å². The van der Waals surface area contributed by atoms with Gasteiger partial charge in [-0.3, -0.25) is 15.0 Å². The summed E-state index contributed by atoms with van der Waals surface area (Å²) in [4.78, 5) is 22.2. The van der Waals surface area contributed by atoms with Crippen molar-refractivity contribution in [1.29, 1.82) is 0 Å². The second kappa shape index (κ2) is 11.4. The molecule has 0 amide bonds. The van der Waals surface area contributed by atoms with Crippen LogP contribution in [0.4, 0.5) is 10.1 Å². The summed E-state index contributed by atoms with van der Waals surface area (Å²) in [6.45, 7) is 7.70. The Morgan fingerprint density at radius 3 is 2.64 bits per heavy atom. The molecular formula is C33H32FN9O. The second-order valence-electron chi connectivity index (χ2n) is 11.4. The van der Waals surface area contributed by atoms with Crippen molar-refractivity contribution in [2.45, 2.75) is 6.54 Å². The zero-order chi connectivity index (χ0) is 29.5. The molecule has 0 unspecified atom stereocenters. The molecule has 2 saturated heterocycles. The summed E-state index contributed by atoms with van der Waals surface area (Å²) in [5.41, 5.74) is 8.59. The Labute approximate surface area is 253 Å². The van der Waals surface area contributed by atoms with E-state index in [1.807, 2.05) is 42.9 Å². The number of para-hydroxylation sites is 1. The number of aromatic nitrogens is 6. The number of ether oxygens (including phenoxy) is 1. The Morgan fingerprint density at radius 1 is 0.886 bits per heavy atom. The third-order valence-electron chi connectivity index (χ3n) is 8.47. The number of morpholine rings is 1. The highest BCUT2D eigenvalue weighted by Crippen LogP contribution is 2.34. The topological polar surface area (TPSA) is 111 Å². The van der Waals surface area contributed by atoms with Gasteiger partial charge >= 0.3 is 0 Å². The molecule has 44 heavy (non-hydrogen) atoms. The van der Waals surface area contributed by atoms with E-state index in [9.17, 15) is 4.39 Å². The molecule has 2 fully saturated rings. The van der Waals surface area contributed by atoms with Gasteiger partial charge in [-0.1, -0.05) is 12.1 Å². The van der Waals surface area contributed by atoms with Crippen LogP contribution in [-0.2, 0) is 11.3 Å². The van der Waals surface area contributed by atoms with E-state index in [-0.39, 0.29) is 5.82 Å². The van der Waals surface area contributed by atoms with Crippen LogP contribution in [0.25, 0.3) is 55.8 Å². The van der Waals surface area contributed by atoms with E-state index in [4.69, 9.17) is 9.72 Å². The summed E-state index contributed by atoms with van der Waals surface area (Å²) >= 11 is 0. The number of piperazine rings is 1. The van der Waals surface area contributed by atoms with Crippen molar-refractivity contribution < 1.29 is 9.13 Å². The van der Waals surface area contributed by atoms with Crippen LogP contribution in [0.5, 0.6) is 0 Å². The van der Waals surface area contributed by atoms with Crippen LogP contribution in [0.3, 0.4) is 0 Å². The number of anilines is 1. The zero-order valence-corrected chi connectivity index (χ0v) is 24.2. The minimum Gasteiger partial charge on any atom is -0.378 e. The minimum absolute atomic E-state index is 0.276. The molecule has 6 heterocycles. The van der Waals surface area contributed by atoms with E-state index < -0.39 is 0 Å². The Balaban J connectivity index is 1.14. The first-order valence-corrected chi connectivity index (χ1v) is 15.0. The van der Waals surface area contributed by atoms with Crippen molar-refractivity contribution in [3.05, 3.63) is 78.5 Å². The Bertz CT molecular complexity index is 1960.